The molecule has 0 aliphatic heterocycles. The van der Waals surface area contributed by atoms with Crippen LogP contribution in [0.2, 0.25) is 0 Å². The molecule has 0 unspecified atom stereocenters. The molecule has 0 bridgehead atoms. The van der Waals surface area contributed by atoms with E-state index in [-0.39, 0.29) is 31.4 Å². The maximum atomic E-state index is 11.4. The van der Waals surface area contributed by atoms with Crippen molar-refractivity contribution in [3.05, 3.63) is 65.7 Å². The quantitative estimate of drug-likeness (QED) is 0.307. The van der Waals surface area contributed by atoms with Gasteiger partial charge in [-0.05, 0) is 11.1 Å². The van der Waals surface area contributed by atoms with Crippen molar-refractivity contribution in [2.45, 2.75) is 0 Å². The van der Waals surface area contributed by atoms with Gasteiger partial charge in [0.1, 0.15) is 0 Å². The summed E-state index contributed by atoms with van der Waals surface area (Å²) < 4.78 is 0. The summed E-state index contributed by atoms with van der Waals surface area (Å²) in [5, 5.41) is 19.5. The molecular formula is C14H13N3OSZn. The fourth-order valence-corrected chi connectivity index (χ4v) is 1.55. The van der Waals surface area contributed by atoms with Crippen LogP contribution in [0.25, 0.3) is 0 Å². The average Bonchev–Trinajstić information content (AvgIpc) is 2.42. The van der Waals surface area contributed by atoms with E-state index < -0.39 is 0 Å². The van der Waals surface area contributed by atoms with Gasteiger partial charge in [0.15, 0.2) is 0 Å². The first-order chi connectivity index (χ1) is 8.77. The summed E-state index contributed by atoms with van der Waals surface area (Å²) >= 11 is 5.11. The second kappa shape index (κ2) is 9.31. The number of rotatable bonds is 3. The summed E-state index contributed by atoms with van der Waals surface area (Å²) in [6.07, 6.45) is 1.41. The van der Waals surface area contributed by atoms with E-state index in [1.807, 2.05) is 30.3 Å². The molecule has 0 atom stereocenters. The maximum absolute atomic E-state index is 11.4. The van der Waals surface area contributed by atoms with Gasteiger partial charge in [-0.15, -0.1) is 0 Å². The van der Waals surface area contributed by atoms with E-state index in [4.69, 9.17) is 12.6 Å². The number of hydrogen-bond acceptors (Lipinski definition) is 5. The normalized spacial score (nSPS) is 10.7. The van der Waals surface area contributed by atoms with E-state index in [0.29, 0.717) is 10.6 Å². The molecule has 0 radical (unpaired) electrons. The van der Waals surface area contributed by atoms with Crippen molar-refractivity contribution in [1.29, 1.82) is 0 Å². The molecule has 0 heterocycles. The zero-order chi connectivity index (χ0) is 12.8. The fraction of sp³-hybridized carbons (Fsp3) is 0. The van der Waals surface area contributed by atoms with Gasteiger partial charge in [-0.25, -0.2) is 0 Å². The number of benzene rings is 2. The molecule has 20 heavy (non-hydrogen) atoms. The number of hydrogen-bond donors (Lipinski definition) is 1. The van der Waals surface area contributed by atoms with Gasteiger partial charge in [0.05, 0.1) is 6.21 Å². The minimum absolute atomic E-state index is 0. The second-order valence-corrected chi connectivity index (χ2v) is 3.94. The molecule has 0 amide bonds. The predicted molar refractivity (Wildman–Crippen MR) is 78.8 cm³/mol. The Balaban J connectivity index is 0.00000180. The molecule has 2 aromatic rings. The third kappa shape index (κ3) is 5.17. The smallest absolute Gasteiger partial charge is 0.872 e. The summed E-state index contributed by atoms with van der Waals surface area (Å²) in [5.74, 6) is -0.0814. The Kier molecular flexibility index (Phi) is 8.56. The molecular weight excluding hydrogens is 324 g/mol. The third-order valence-corrected chi connectivity index (χ3v) is 2.60. The van der Waals surface area contributed by atoms with Gasteiger partial charge >= 0.3 is 19.5 Å². The Morgan fingerprint density at radius 1 is 1.00 bits per heavy atom. The van der Waals surface area contributed by atoms with Gasteiger partial charge in [0, 0.05) is 0 Å². The largest absolute Gasteiger partial charge is 2.00 e. The van der Waals surface area contributed by atoms with Crippen LogP contribution in [0, 0.1) is 0 Å². The Morgan fingerprint density at radius 3 is 2.25 bits per heavy atom. The molecule has 4 nitrogen and oxygen atoms in total. The van der Waals surface area contributed by atoms with E-state index in [2.05, 4.69) is 10.2 Å². The van der Waals surface area contributed by atoms with Gasteiger partial charge in [0.2, 0.25) is 0 Å². The number of nitrogens with zero attached hydrogens (tertiary/aromatic N) is 2. The third-order valence-electron chi connectivity index (χ3n) is 2.29. The van der Waals surface area contributed by atoms with Crippen molar-refractivity contribution in [1.82, 2.24) is 6.15 Å². The SMILES string of the molecule is N.[O-]c1ccccc1/C=N/N=C(\[S-])c1ccccc1.[Zn+2]. The molecule has 0 spiro atoms. The Labute approximate surface area is 136 Å². The van der Waals surface area contributed by atoms with Crippen LogP contribution in [-0.2, 0) is 32.1 Å². The molecule has 2 rings (SSSR count). The molecule has 0 saturated carbocycles. The standard InChI is InChI=1S/C14H12N2OS.H3N.Zn/c17-13-9-5-4-8-12(13)10-15-16-14(18)11-6-2-1-3-7-11;;/h1-10,17H,(H,16,18);1H3;/q;;+2/p-2/b15-10+;;. The van der Waals surface area contributed by atoms with Crippen molar-refractivity contribution >= 4 is 23.9 Å². The molecule has 0 aromatic heterocycles. The minimum Gasteiger partial charge on any atom is -0.872 e. The van der Waals surface area contributed by atoms with Crippen LogP contribution in [0.4, 0.5) is 0 Å². The first-order valence-electron chi connectivity index (χ1n) is 5.37. The minimum atomic E-state index is -0.0814. The van der Waals surface area contributed by atoms with Gasteiger partial charge in [-0.1, -0.05) is 65.4 Å². The van der Waals surface area contributed by atoms with Crippen LogP contribution in [-0.4, -0.2) is 11.3 Å². The van der Waals surface area contributed by atoms with Gasteiger partial charge in [-0.3, -0.25) is 0 Å². The number of para-hydroxylation sites is 1. The van der Waals surface area contributed by atoms with E-state index in [0.717, 1.165) is 5.56 Å². The molecule has 0 saturated heterocycles. The van der Waals surface area contributed by atoms with Crippen LogP contribution < -0.4 is 11.3 Å². The van der Waals surface area contributed by atoms with E-state index >= 15 is 0 Å². The molecule has 0 fully saturated rings. The van der Waals surface area contributed by atoms with E-state index in [9.17, 15) is 5.11 Å². The topological polar surface area (TPSA) is 82.8 Å². The van der Waals surface area contributed by atoms with E-state index in [1.54, 1.807) is 18.2 Å². The van der Waals surface area contributed by atoms with Gasteiger partial charge < -0.3 is 23.9 Å². The van der Waals surface area contributed by atoms with Crippen molar-refractivity contribution in [3.63, 3.8) is 0 Å². The Bertz CT molecular complexity index is 588. The zero-order valence-corrected chi connectivity index (χ0v) is 14.7. The van der Waals surface area contributed by atoms with Crippen molar-refractivity contribution < 1.29 is 24.6 Å². The summed E-state index contributed by atoms with van der Waals surface area (Å²) in [4.78, 5) is 0. The fourth-order valence-electron chi connectivity index (χ4n) is 1.37. The van der Waals surface area contributed by atoms with Crippen LogP contribution >= 0.6 is 0 Å². The molecule has 0 aliphatic carbocycles. The second-order valence-electron chi connectivity index (χ2n) is 3.55. The molecule has 6 heteroatoms. The Morgan fingerprint density at radius 2 is 1.60 bits per heavy atom. The van der Waals surface area contributed by atoms with Crippen LogP contribution in [0.5, 0.6) is 5.75 Å². The summed E-state index contributed by atoms with van der Waals surface area (Å²) in [6, 6.07) is 16.0. The van der Waals surface area contributed by atoms with Crippen LogP contribution in [0.1, 0.15) is 11.1 Å². The van der Waals surface area contributed by atoms with Crippen LogP contribution in [0.15, 0.2) is 64.8 Å². The Hall–Kier alpha value is -1.62. The molecule has 2 aromatic carbocycles. The summed E-state index contributed by atoms with van der Waals surface area (Å²) in [6.45, 7) is 0. The first-order valence-corrected chi connectivity index (χ1v) is 5.78. The van der Waals surface area contributed by atoms with Crippen molar-refractivity contribution in [2.24, 2.45) is 10.2 Å². The van der Waals surface area contributed by atoms with Gasteiger partial charge in [-0.2, -0.15) is 10.2 Å². The van der Waals surface area contributed by atoms with Crippen molar-refractivity contribution in [3.8, 4) is 5.75 Å². The molecule has 0 aliphatic rings. The summed E-state index contributed by atoms with van der Waals surface area (Å²) in [7, 11) is 0. The predicted octanol–water partition coefficient (Wildman–Crippen LogP) is 2.25. The first kappa shape index (κ1) is 18.4. The van der Waals surface area contributed by atoms with Crippen molar-refractivity contribution in [2.75, 3.05) is 0 Å². The average molecular weight is 337 g/mol. The summed E-state index contributed by atoms with van der Waals surface area (Å²) in [5.41, 5.74) is 1.33. The van der Waals surface area contributed by atoms with Gasteiger partial charge in [0.25, 0.3) is 0 Å². The molecule has 3 N–H and O–H groups in total. The zero-order valence-electron chi connectivity index (χ0n) is 10.9. The van der Waals surface area contributed by atoms with Crippen LogP contribution in [0.3, 0.4) is 0 Å². The monoisotopic (exact) mass is 335 g/mol. The maximum Gasteiger partial charge on any atom is 2.00 e. The van der Waals surface area contributed by atoms with E-state index in [1.165, 1.54) is 12.3 Å². The molecule has 98 valence electrons.